The molecule has 0 atom stereocenters. The molecule has 0 aliphatic heterocycles. The molecule has 0 aliphatic rings. The zero-order chi connectivity index (χ0) is 16.2. The van der Waals surface area contributed by atoms with Crippen molar-refractivity contribution in [2.45, 2.75) is 39.8 Å². The number of aryl methyl sites for hydroxylation is 1. The first-order valence-corrected chi connectivity index (χ1v) is 7.14. The number of anilines is 1. The first kappa shape index (κ1) is 15.9. The van der Waals surface area contributed by atoms with E-state index < -0.39 is 0 Å². The minimum atomic E-state index is -0.305. The van der Waals surface area contributed by atoms with Crippen LogP contribution in [0.5, 0.6) is 0 Å². The largest absolute Gasteiger partial charge is 0.366 e. The van der Waals surface area contributed by atoms with Gasteiger partial charge < -0.3 is 10.6 Å². The standard InChI is InChI=1S/C16H21N5O/c1-11-19-13(15(22)21-16(2,3)4)9-14(20-11)18-10-12-5-7-17-8-6-12/h5-9H,10H2,1-4H3,(H,21,22)(H,18,19,20). The quantitative estimate of drug-likeness (QED) is 0.905. The number of hydrogen-bond donors (Lipinski definition) is 2. The van der Waals surface area contributed by atoms with E-state index in [9.17, 15) is 4.79 Å². The molecule has 116 valence electrons. The van der Waals surface area contributed by atoms with Crippen LogP contribution >= 0.6 is 0 Å². The molecule has 0 fully saturated rings. The molecule has 0 aliphatic carbocycles. The first-order valence-electron chi connectivity index (χ1n) is 7.14. The number of nitrogens with one attached hydrogen (secondary N) is 2. The molecular weight excluding hydrogens is 278 g/mol. The van der Waals surface area contributed by atoms with Crippen LogP contribution in [-0.4, -0.2) is 26.4 Å². The lowest BCUT2D eigenvalue weighted by Gasteiger charge is -2.20. The number of hydrogen-bond acceptors (Lipinski definition) is 5. The van der Waals surface area contributed by atoms with Crippen LogP contribution in [0, 0.1) is 6.92 Å². The van der Waals surface area contributed by atoms with Crippen LogP contribution in [0.2, 0.25) is 0 Å². The van der Waals surface area contributed by atoms with Crippen molar-refractivity contribution in [2.24, 2.45) is 0 Å². The highest BCUT2D eigenvalue weighted by Gasteiger charge is 2.17. The topological polar surface area (TPSA) is 79.8 Å². The van der Waals surface area contributed by atoms with Gasteiger partial charge in [-0.25, -0.2) is 9.97 Å². The van der Waals surface area contributed by atoms with Gasteiger partial charge in [0.05, 0.1) is 0 Å². The highest BCUT2D eigenvalue weighted by Crippen LogP contribution is 2.10. The molecule has 0 saturated carbocycles. The van der Waals surface area contributed by atoms with Crippen molar-refractivity contribution in [1.29, 1.82) is 0 Å². The van der Waals surface area contributed by atoms with E-state index >= 15 is 0 Å². The molecule has 2 N–H and O–H groups in total. The zero-order valence-electron chi connectivity index (χ0n) is 13.3. The summed E-state index contributed by atoms with van der Waals surface area (Å²) in [6.45, 7) is 8.18. The fourth-order valence-corrected chi connectivity index (χ4v) is 1.87. The predicted molar refractivity (Wildman–Crippen MR) is 85.6 cm³/mol. The van der Waals surface area contributed by atoms with Gasteiger partial charge in [-0.05, 0) is 45.4 Å². The van der Waals surface area contributed by atoms with Crippen molar-refractivity contribution in [3.05, 3.63) is 47.7 Å². The molecule has 6 nitrogen and oxygen atoms in total. The van der Waals surface area contributed by atoms with Crippen molar-refractivity contribution in [2.75, 3.05) is 5.32 Å². The lowest BCUT2D eigenvalue weighted by molar-refractivity contribution is 0.0914. The number of nitrogens with zero attached hydrogens (tertiary/aromatic N) is 3. The number of rotatable bonds is 4. The summed E-state index contributed by atoms with van der Waals surface area (Å²) < 4.78 is 0. The summed E-state index contributed by atoms with van der Waals surface area (Å²) in [6.07, 6.45) is 3.48. The van der Waals surface area contributed by atoms with Crippen LogP contribution in [0.4, 0.5) is 5.82 Å². The third-order valence-corrected chi connectivity index (χ3v) is 2.78. The molecular formula is C16H21N5O. The van der Waals surface area contributed by atoms with Crippen molar-refractivity contribution in [1.82, 2.24) is 20.3 Å². The van der Waals surface area contributed by atoms with Gasteiger partial charge in [0.15, 0.2) is 0 Å². The molecule has 0 radical (unpaired) electrons. The Balaban J connectivity index is 2.11. The fourth-order valence-electron chi connectivity index (χ4n) is 1.87. The smallest absolute Gasteiger partial charge is 0.270 e. The first-order chi connectivity index (χ1) is 10.3. The van der Waals surface area contributed by atoms with Gasteiger partial charge in [-0.1, -0.05) is 0 Å². The van der Waals surface area contributed by atoms with E-state index in [4.69, 9.17) is 0 Å². The molecule has 1 amide bonds. The van der Waals surface area contributed by atoms with E-state index in [0.717, 1.165) is 5.56 Å². The number of pyridine rings is 1. The molecule has 0 bridgehead atoms. The molecule has 0 spiro atoms. The number of carbonyl (C=O) groups excluding carboxylic acids is 1. The second-order valence-electron chi connectivity index (χ2n) is 6.10. The minimum absolute atomic E-state index is 0.204. The van der Waals surface area contributed by atoms with E-state index in [1.165, 1.54) is 0 Å². The maximum absolute atomic E-state index is 12.2. The summed E-state index contributed by atoms with van der Waals surface area (Å²) in [6, 6.07) is 5.51. The van der Waals surface area contributed by atoms with Crippen molar-refractivity contribution in [3.63, 3.8) is 0 Å². The Morgan fingerprint density at radius 3 is 2.50 bits per heavy atom. The van der Waals surface area contributed by atoms with Gasteiger partial charge in [-0.3, -0.25) is 9.78 Å². The highest BCUT2D eigenvalue weighted by atomic mass is 16.2. The van der Waals surface area contributed by atoms with E-state index in [1.807, 2.05) is 32.9 Å². The Morgan fingerprint density at radius 2 is 1.86 bits per heavy atom. The Kier molecular flexibility index (Phi) is 4.70. The third-order valence-electron chi connectivity index (χ3n) is 2.78. The molecule has 22 heavy (non-hydrogen) atoms. The monoisotopic (exact) mass is 299 g/mol. The van der Waals surface area contributed by atoms with Gasteiger partial charge in [0, 0.05) is 30.5 Å². The highest BCUT2D eigenvalue weighted by molar-refractivity contribution is 5.93. The molecule has 0 saturated heterocycles. The maximum atomic E-state index is 12.2. The van der Waals surface area contributed by atoms with Crippen molar-refractivity contribution >= 4 is 11.7 Å². The normalized spacial score (nSPS) is 11.1. The lowest BCUT2D eigenvalue weighted by atomic mass is 10.1. The molecule has 2 aromatic heterocycles. The van der Waals surface area contributed by atoms with E-state index in [-0.39, 0.29) is 11.4 Å². The Bertz CT molecular complexity index is 649. The van der Waals surface area contributed by atoms with Crippen LogP contribution < -0.4 is 10.6 Å². The van der Waals surface area contributed by atoms with Gasteiger partial charge in [0.1, 0.15) is 17.3 Å². The van der Waals surface area contributed by atoms with E-state index in [2.05, 4.69) is 25.6 Å². The third kappa shape index (κ3) is 4.80. The SMILES string of the molecule is Cc1nc(NCc2ccncc2)cc(C(=O)NC(C)(C)C)n1. The lowest BCUT2D eigenvalue weighted by Crippen LogP contribution is -2.41. The van der Waals surface area contributed by atoms with Crippen LogP contribution in [0.25, 0.3) is 0 Å². The summed E-state index contributed by atoms with van der Waals surface area (Å²) in [5, 5.41) is 6.10. The second-order valence-corrected chi connectivity index (χ2v) is 6.10. The minimum Gasteiger partial charge on any atom is -0.366 e. The van der Waals surface area contributed by atoms with Gasteiger partial charge in [-0.15, -0.1) is 0 Å². The number of carbonyl (C=O) groups is 1. The number of amides is 1. The van der Waals surface area contributed by atoms with E-state index in [0.29, 0.717) is 23.9 Å². The fraction of sp³-hybridized carbons (Fsp3) is 0.375. The molecule has 2 aromatic rings. The van der Waals surface area contributed by atoms with Crippen molar-refractivity contribution < 1.29 is 4.79 Å². The van der Waals surface area contributed by atoms with Gasteiger partial charge in [-0.2, -0.15) is 0 Å². The Morgan fingerprint density at radius 1 is 1.18 bits per heavy atom. The van der Waals surface area contributed by atoms with Crippen LogP contribution in [0.3, 0.4) is 0 Å². The van der Waals surface area contributed by atoms with Crippen LogP contribution in [-0.2, 0) is 6.54 Å². The van der Waals surface area contributed by atoms with Crippen LogP contribution in [0.15, 0.2) is 30.6 Å². The molecule has 6 heteroatoms. The van der Waals surface area contributed by atoms with Gasteiger partial charge >= 0.3 is 0 Å². The summed E-state index contributed by atoms with van der Waals surface area (Å²) >= 11 is 0. The van der Waals surface area contributed by atoms with Crippen LogP contribution in [0.1, 0.15) is 42.6 Å². The average molecular weight is 299 g/mol. The summed E-state index contributed by atoms with van der Waals surface area (Å²) in [7, 11) is 0. The molecule has 0 unspecified atom stereocenters. The predicted octanol–water partition coefficient (Wildman–Crippen LogP) is 2.32. The van der Waals surface area contributed by atoms with E-state index in [1.54, 1.807) is 25.4 Å². The van der Waals surface area contributed by atoms with Crippen molar-refractivity contribution in [3.8, 4) is 0 Å². The summed E-state index contributed by atoms with van der Waals surface area (Å²) in [5.41, 5.74) is 1.15. The zero-order valence-corrected chi connectivity index (χ0v) is 13.3. The molecule has 0 aromatic carbocycles. The molecule has 2 rings (SSSR count). The van der Waals surface area contributed by atoms with Gasteiger partial charge in [0.25, 0.3) is 5.91 Å². The Labute approximate surface area is 130 Å². The maximum Gasteiger partial charge on any atom is 0.270 e. The summed E-state index contributed by atoms with van der Waals surface area (Å²) in [5.74, 6) is 0.979. The average Bonchev–Trinajstić information content (AvgIpc) is 2.44. The van der Waals surface area contributed by atoms with Gasteiger partial charge in [0.2, 0.25) is 0 Å². The second kappa shape index (κ2) is 6.51. The Hall–Kier alpha value is -2.50. The summed E-state index contributed by atoms with van der Waals surface area (Å²) in [4.78, 5) is 24.7. The number of aromatic nitrogens is 3. The molecule has 2 heterocycles.